The standard InChI is InChI=1S/C13H25NO2/c1-13(2)7-12(13)14-8-10(15)9-16-11-5-3-4-6-11/h10-12,14-15H,3-9H2,1-2H3. The van der Waals surface area contributed by atoms with E-state index in [9.17, 15) is 5.11 Å². The van der Waals surface area contributed by atoms with Crippen LogP contribution in [0.1, 0.15) is 46.0 Å². The average Bonchev–Trinajstić information content (AvgIpc) is 2.70. The first-order valence-electron chi connectivity index (χ1n) is 6.61. The molecule has 94 valence electrons. The molecule has 0 heterocycles. The van der Waals surface area contributed by atoms with Gasteiger partial charge >= 0.3 is 0 Å². The van der Waals surface area contributed by atoms with E-state index < -0.39 is 0 Å². The van der Waals surface area contributed by atoms with Gasteiger partial charge in [-0.05, 0) is 24.7 Å². The van der Waals surface area contributed by atoms with E-state index in [1.807, 2.05) is 0 Å². The molecule has 3 heteroatoms. The molecule has 3 nitrogen and oxygen atoms in total. The minimum atomic E-state index is -0.350. The van der Waals surface area contributed by atoms with Gasteiger partial charge in [0, 0.05) is 12.6 Å². The lowest BCUT2D eigenvalue weighted by atomic mass is 10.2. The maximum absolute atomic E-state index is 9.77. The van der Waals surface area contributed by atoms with E-state index in [1.165, 1.54) is 32.1 Å². The molecule has 16 heavy (non-hydrogen) atoms. The van der Waals surface area contributed by atoms with Gasteiger partial charge in [-0.1, -0.05) is 26.7 Å². The summed E-state index contributed by atoms with van der Waals surface area (Å²) in [6.07, 6.45) is 6.21. The fraction of sp³-hybridized carbons (Fsp3) is 1.00. The maximum Gasteiger partial charge on any atom is 0.0897 e. The second-order valence-electron chi connectivity index (χ2n) is 6.05. The van der Waals surface area contributed by atoms with Gasteiger partial charge in [-0.25, -0.2) is 0 Å². The molecule has 0 aliphatic heterocycles. The number of aliphatic hydroxyl groups is 1. The minimum absolute atomic E-state index is 0.350. The van der Waals surface area contributed by atoms with E-state index in [-0.39, 0.29) is 6.10 Å². The normalized spacial score (nSPS) is 30.6. The van der Waals surface area contributed by atoms with Gasteiger partial charge in [0.15, 0.2) is 0 Å². The Morgan fingerprint density at radius 3 is 2.56 bits per heavy atom. The summed E-state index contributed by atoms with van der Waals surface area (Å²) in [6.45, 7) is 5.67. The molecule has 0 bridgehead atoms. The molecule has 0 aromatic carbocycles. The molecule has 2 unspecified atom stereocenters. The molecular weight excluding hydrogens is 202 g/mol. The molecule has 2 saturated carbocycles. The average molecular weight is 227 g/mol. The van der Waals surface area contributed by atoms with Crippen molar-refractivity contribution in [2.75, 3.05) is 13.2 Å². The van der Waals surface area contributed by atoms with Gasteiger partial charge in [0.2, 0.25) is 0 Å². The summed E-state index contributed by atoms with van der Waals surface area (Å²) in [6, 6.07) is 0.591. The minimum Gasteiger partial charge on any atom is -0.389 e. The molecule has 2 aliphatic rings. The summed E-state index contributed by atoms with van der Waals surface area (Å²) in [5.74, 6) is 0. The summed E-state index contributed by atoms with van der Waals surface area (Å²) in [7, 11) is 0. The third kappa shape index (κ3) is 3.44. The zero-order valence-corrected chi connectivity index (χ0v) is 10.5. The molecule has 2 fully saturated rings. The molecule has 2 rings (SSSR count). The SMILES string of the molecule is CC1(C)CC1NCC(O)COC1CCCC1. The van der Waals surface area contributed by atoms with Crippen molar-refractivity contribution in [3.05, 3.63) is 0 Å². The van der Waals surface area contributed by atoms with Crippen LogP contribution < -0.4 is 5.32 Å². The fourth-order valence-electron chi connectivity index (χ4n) is 2.46. The highest BCUT2D eigenvalue weighted by Gasteiger charge is 2.45. The summed E-state index contributed by atoms with van der Waals surface area (Å²) in [4.78, 5) is 0. The number of ether oxygens (including phenoxy) is 1. The third-order valence-corrected chi connectivity index (χ3v) is 3.94. The van der Waals surface area contributed by atoms with Crippen LogP contribution in [0.15, 0.2) is 0 Å². The number of nitrogens with one attached hydrogen (secondary N) is 1. The van der Waals surface area contributed by atoms with Crippen molar-refractivity contribution in [3.8, 4) is 0 Å². The van der Waals surface area contributed by atoms with Crippen molar-refractivity contribution in [1.82, 2.24) is 5.32 Å². The van der Waals surface area contributed by atoms with Crippen molar-refractivity contribution in [2.24, 2.45) is 5.41 Å². The molecule has 2 N–H and O–H groups in total. The van der Waals surface area contributed by atoms with Crippen LogP contribution in [0.5, 0.6) is 0 Å². The van der Waals surface area contributed by atoms with E-state index in [4.69, 9.17) is 4.74 Å². The maximum atomic E-state index is 9.77. The highest BCUT2D eigenvalue weighted by molar-refractivity contribution is 5.01. The zero-order valence-electron chi connectivity index (χ0n) is 10.5. The number of rotatable bonds is 6. The van der Waals surface area contributed by atoms with Crippen molar-refractivity contribution in [3.63, 3.8) is 0 Å². The molecule has 0 saturated heterocycles. The van der Waals surface area contributed by atoms with Gasteiger partial charge in [-0.2, -0.15) is 0 Å². The Kier molecular flexibility index (Phi) is 3.88. The lowest BCUT2D eigenvalue weighted by Gasteiger charge is -2.16. The van der Waals surface area contributed by atoms with Crippen LogP contribution in [0.2, 0.25) is 0 Å². The van der Waals surface area contributed by atoms with Gasteiger partial charge in [0.1, 0.15) is 0 Å². The van der Waals surface area contributed by atoms with E-state index >= 15 is 0 Å². The highest BCUT2D eigenvalue weighted by Crippen LogP contribution is 2.44. The first-order valence-corrected chi connectivity index (χ1v) is 6.61. The van der Waals surface area contributed by atoms with Gasteiger partial charge in [0.25, 0.3) is 0 Å². The van der Waals surface area contributed by atoms with E-state index in [1.54, 1.807) is 0 Å². The number of hydrogen-bond donors (Lipinski definition) is 2. The second kappa shape index (κ2) is 5.03. The van der Waals surface area contributed by atoms with E-state index in [2.05, 4.69) is 19.2 Å². The molecule has 0 aromatic heterocycles. The predicted molar refractivity (Wildman–Crippen MR) is 64.4 cm³/mol. The Morgan fingerprint density at radius 1 is 1.38 bits per heavy atom. The van der Waals surface area contributed by atoms with Gasteiger partial charge < -0.3 is 15.2 Å². The summed E-state index contributed by atoms with van der Waals surface area (Å²) < 4.78 is 5.68. The van der Waals surface area contributed by atoms with E-state index in [0.29, 0.717) is 30.7 Å². The van der Waals surface area contributed by atoms with Crippen molar-refractivity contribution >= 4 is 0 Å². The van der Waals surface area contributed by atoms with Crippen LogP contribution >= 0.6 is 0 Å². The van der Waals surface area contributed by atoms with Crippen LogP contribution in [0.3, 0.4) is 0 Å². The van der Waals surface area contributed by atoms with Gasteiger partial charge in [-0.3, -0.25) is 0 Å². The second-order valence-corrected chi connectivity index (χ2v) is 6.05. The monoisotopic (exact) mass is 227 g/mol. The third-order valence-electron chi connectivity index (χ3n) is 3.94. The van der Waals surface area contributed by atoms with Crippen LogP contribution in [0, 0.1) is 5.41 Å². The Morgan fingerprint density at radius 2 is 2.00 bits per heavy atom. The topological polar surface area (TPSA) is 41.5 Å². The zero-order chi connectivity index (χ0) is 11.6. The fourth-order valence-corrected chi connectivity index (χ4v) is 2.46. The molecule has 2 atom stereocenters. The van der Waals surface area contributed by atoms with Crippen LogP contribution in [-0.4, -0.2) is 36.5 Å². The highest BCUT2D eigenvalue weighted by atomic mass is 16.5. The lowest BCUT2D eigenvalue weighted by Crippen LogP contribution is -2.34. The van der Waals surface area contributed by atoms with Crippen LogP contribution in [-0.2, 0) is 4.74 Å². The van der Waals surface area contributed by atoms with Gasteiger partial charge in [-0.15, -0.1) is 0 Å². The van der Waals surface area contributed by atoms with Gasteiger partial charge in [0.05, 0.1) is 18.8 Å². The van der Waals surface area contributed by atoms with Crippen molar-refractivity contribution in [2.45, 2.75) is 64.2 Å². The molecule has 0 spiro atoms. The summed E-state index contributed by atoms with van der Waals surface area (Å²) in [5, 5.41) is 13.2. The Bertz CT molecular complexity index is 215. The summed E-state index contributed by atoms with van der Waals surface area (Å²) in [5.41, 5.74) is 0.437. The largest absolute Gasteiger partial charge is 0.389 e. The van der Waals surface area contributed by atoms with Crippen molar-refractivity contribution < 1.29 is 9.84 Å². The first kappa shape index (κ1) is 12.3. The van der Waals surface area contributed by atoms with E-state index in [0.717, 1.165) is 0 Å². The molecule has 0 amide bonds. The Hall–Kier alpha value is -0.120. The number of hydrogen-bond acceptors (Lipinski definition) is 3. The van der Waals surface area contributed by atoms with Crippen LogP contribution in [0.4, 0.5) is 0 Å². The predicted octanol–water partition coefficient (Wildman–Crippen LogP) is 1.69. The number of aliphatic hydroxyl groups excluding tert-OH is 1. The molecule has 0 aromatic rings. The Balaban J connectivity index is 1.52. The lowest BCUT2D eigenvalue weighted by molar-refractivity contribution is -0.00571. The quantitative estimate of drug-likeness (QED) is 0.725. The van der Waals surface area contributed by atoms with Crippen molar-refractivity contribution in [1.29, 1.82) is 0 Å². The first-order chi connectivity index (χ1) is 7.58. The molecule has 2 aliphatic carbocycles. The summed E-state index contributed by atoms with van der Waals surface area (Å²) >= 11 is 0. The smallest absolute Gasteiger partial charge is 0.0897 e. The Labute approximate surface area is 98.6 Å². The molecular formula is C13H25NO2. The van der Waals surface area contributed by atoms with Crippen LogP contribution in [0.25, 0.3) is 0 Å². The molecule has 0 radical (unpaired) electrons.